The Morgan fingerprint density at radius 1 is 1.13 bits per heavy atom. The quantitative estimate of drug-likeness (QED) is 0.703. The first-order valence-corrected chi connectivity index (χ1v) is 5.38. The van der Waals surface area contributed by atoms with Crippen LogP contribution in [0.5, 0.6) is 5.75 Å². The summed E-state index contributed by atoms with van der Waals surface area (Å²) in [5, 5.41) is 0. The molecule has 1 aliphatic carbocycles. The van der Waals surface area contributed by atoms with Crippen LogP contribution in [0.1, 0.15) is 24.0 Å². The number of benzene rings is 1. The summed E-state index contributed by atoms with van der Waals surface area (Å²) in [5.74, 6) is 1.93. The van der Waals surface area contributed by atoms with E-state index in [0.717, 1.165) is 24.4 Å². The van der Waals surface area contributed by atoms with Crippen molar-refractivity contribution in [3.63, 3.8) is 0 Å². The van der Waals surface area contributed by atoms with Gasteiger partial charge in [0.15, 0.2) is 0 Å². The first kappa shape index (κ1) is 10.0. The molecule has 0 amide bonds. The smallest absolute Gasteiger partial charge is 0.130 e. The molecule has 1 aromatic carbocycles. The molecule has 0 N–H and O–H groups in total. The molecular formula is C14H16O. The van der Waals surface area contributed by atoms with Gasteiger partial charge in [-0.2, -0.15) is 0 Å². The molecule has 2 rings (SSSR count). The van der Waals surface area contributed by atoms with Crippen LogP contribution in [0.4, 0.5) is 0 Å². The molecule has 0 saturated carbocycles. The third-order valence-electron chi connectivity index (χ3n) is 2.74. The van der Waals surface area contributed by atoms with Crippen molar-refractivity contribution in [3.05, 3.63) is 53.3 Å². The summed E-state index contributed by atoms with van der Waals surface area (Å²) in [7, 11) is 0. The highest BCUT2D eigenvalue weighted by Gasteiger charge is 2.04. The predicted molar refractivity (Wildman–Crippen MR) is 63.0 cm³/mol. The Morgan fingerprint density at radius 3 is 2.73 bits per heavy atom. The van der Waals surface area contributed by atoms with E-state index in [9.17, 15) is 0 Å². The van der Waals surface area contributed by atoms with E-state index in [4.69, 9.17) is 4.74 Å². The number of hydrogen-bond acceptors (Lipinski definition) is 1. The van der Waals surface area contributed by atoms with Gasteiger partial charge in [0.1, 0.15) is 11.5 Å². The van der Waals surface area contributed by atoms with E-state index in [2.05, 4.69) is 32.1 Å². The predicted octanol–water partition coefficient (Wildman–Crippen LogP) is 3.92. The number of allylic oxidation sites excluding steroid dienone is 3. The van der Waals surface area contributed by atoms with Crippen LogP contribution in [0, 0.1) is 13.8 Å². The molecule has 0 fully saturated rings. The van der Waals surface area contributed by atoms with Crippen LogP contribution < -0.4 is 4.74 Å². The second-order valence-electron chi connectivity index (χ2n) is 3.89. The number of hydrogen-bond donors (Lipinski definition) is 0. The lowest BCUT2D eigenvalue weighted by Crippen LogP contribution is -1.97. The van der Waals surface area contributed by atoms with Crippen molar-refractivity contribution in [1.29, 1.82) is 0 Å². The Balaban J connectivity index is 2.20. The maximum Gasteiger partial charge on any atom is 0.130 e. The van der Waals surface area contributed by atoms with Crippen LogP contribution >= 0.6 is 0 Å². The van der Waals surface area contributed by atoms with Crippen LogP contribution in [0.25, 0.3) is 0 Å². The summed E-state index contributed by atoms with van der Waals surface area (Å²) in [6.45, 7) is 4.20. The maximum atomic E-state index is 5.84. The minimum Gasteiger partial charge on any atom is -0.457 e. The van der Waals surface area contributed by atoms with Gasteiger partial charge >= 0.3 is 0 Å². The normalized spacial score (nSPS) is 14.9. The molecule has 0 radical (unpaired) electrons. The molecule has 1 aromatic rings. The lowest BCUT2D eigenvalue weighted by molar-refractivity contribution is 0.435. The highest BCUT2D eigenvalue weighted by molar-refractivity contribution is 5.40. The third kappa shape index (κ3) is 2.30. The van der Waals surface area contributed by atoms with Crippen LogP contribution in [0.3, 0.4) is 0 Å². The minimum absolute atomic E-state index is 0.966. The molecule has 0 heterocycles. The zero-order valence-corrected chi connectivity index (χ0v) is 9.29. The summed E-state index contributed by atoms with van der Waals surface area (Å²) >= 11 is 0. The van der Waals surface area contributed by atoms with Crippen LogP contribution in [-0.2, 0) is 0 Å². The molecule has 0 aliphatic heterocycles. The molecule has 1 nitrogen and oxygen atoms in total. The van der Waals surface area contributed by atoms with Crippen molar-refractivity contribution in [2.24, 2.45) is 0 Å². The van der Waals surface area contributed by atoms with Gasteiger partial charge in [0.2, 0.25) is 0 Å². The van der Waals surface area contributed by atoms with Crippen molar-refractivity contribution in [2.75, 3.05) is 0 Å². The number of aryl methyl sites for hydroxylation is 1. The molecule has 1 aliphatic rings. The van der Waals surface area contributed by atoms with E-state index < -0.39 is 0 Å². The van der Waals surface area contributed by atoms with Gasteiger partial charge in [0, 0.05) is 0 Å². The second-order valence-corrected chi connectivity index (χ2v) is 3.89. The first-order chi connectivity index (χ1) is 7.27. The Hall–Kier alpha value is -1.50. The van der Waals surface area contributed by atoms with E-state index in [-0.39, 0.29) is 0 Å². The number of rotatable bonds is 2. The zero-order valence-electron chi connectivity index (χ0n) is 9.29. The van der Waals surface area contributed by atoms with Gasteiger partial charge in [0.25, 0.3) is 0 Å². The summed E-state index contributed by atoms with van der Waals surface area (Å²) in [6.07, 6.45) is 8.55. The van der Waals surface area contributed by atoms with Gasteiger partial charge in [-0.25, -0.2) is 0 Å². The standard InChI is InChI=1S/C14H16O/c1-11-7-6-10-14(12(11)2)15-13-8-4-3-5-9-13/h4,6-10H,3,5H2,1-2H3. The Labute approximate surface area is 91.1 Å². The zero-order chi connectivity index (χ0) is 10.7. The summed E-state index contributed by atoms with van der Waals surface area (Å²) in [4.78, 5) is 0. The average molecular weight is 200 g/mol. The topological polar surface area (TPSA) is 9.23 Å². The van der Waals surface area contributed by atoms with Crippen LogP contribution in [-0.4, -0.2) is 0 Å². The van der Waals surface area contributed by atoms with Gasteiger partial charge in [-0.3, -0.25) is 0 Å². The molecule has 15 heavy (non-hydrogen) atoms. The fraction of sp³-hybridized carbons (Fsp3) is 0.286. The van der Waals surface area contributed by atoms with Crippen LogP contribution in [0.2, 0.25) is 0 Å². The largest absolute Gasteiger partial charge is 0.457 e. The van der Waals surface area contributed by atoms with Gasteiger partial charge in [-0.15, -0.1) is 0 Å². The SMILES string of the molecule is Cc1cccc(OC2=CCCC=C2)c1C. The monoisotopic (exact) mass is 200 g/mol. The molecule has 78 valence electrons. The molecule has 1 heteroatoms. The molecule has 0 saturated heterocycles. The molecule has 0 atom stereocenters. The van der Waals surface area contributed by atoms with E-state index in [0.29, 0.717) is 0 Å². The van der Waals surface area contributed by atoms with Gasteiger partial charge in [0.05, 0.1) is 0 Å². The van der Waals surface area contributed by atoms with E-state index in [1.807, 2.05) is 18.2 Å². The fourth-order valence-electron chi connectivity index (χ4n) is 1.63. The van der Waals surface area contributed by atoms with Gasteiger partial charge in [-0.05, 0) is 56.0 Å². The Morgan fingerprint density at radius 2 is 2.00 bits per heavy atom. The van der Waals surface area contributed by atoms with E-state index >= 15 is 0 Å². The molecule has 0 bridgehead atoms. The fourth-order valence-corrected chi connectivity index (χ4v) is 1.63. The highest BCUT2D eigenvalue weighted by Crippen LogP contribution is 2.24. The first-order valence-electron chi connectivity index (χ1n) is 5.38. The maximum absolute atomic E-state index is 5.84. The third-order valence-corrected chi connectivity index (χ3v) is 2.74. The Kier molecular flexibility index (Phi) is 2.91. The highest BCUT2D eigenvalue weighted by atomic mass is 16.5. The molecule has 0 aromatic heterocycles. The van der Waals surface area contributed by atoms with Crippen molar-refractivity contribution in [3.8, 4) is 5.75 Å². The van der Waals surface area contributed by atoms with E-state index in [1.54, 1.807) is 0 Å². The number of ether oxygens (including phenoxy) is 1. The summed E-state index contributed by atoms with van der Waals surface area (Å²) < 4.78 is 5.84. The summed E-state index contributed by atoms with van der Waals surface area (Å²) in [5.41, 5.74) is 2.49. The van der Waals surface area contributed by atoms with Crippen LogP contribution in [0.15, 0.2) is 42.2 Å². The second kappa shape index (κ2) is 4.35. The van der Waals surface area contributed by atoms with E-state index in [1.165, 1.54) is 11.1 Å². The van der Waals surface area contributed by atoms with Crippen molar-refractivity contribution >= 4 is 0 Å². The molecular weight excluding hydrogens is 184 g/mol. The minimum atomic E-state index is 0.966. The average Bonchev–Trinajstić information content (AvgIpc) is 2.26. The molecule has 0 spiro atoms. The van der Waals surface area contributed by atoms with Gasteiger partial charge < -0.3 is 4.74 Å². The van der Waals surface area contributed by atoms with Crippen molar-refractivity contribution in [1.82, 2.24) is 0 Å². The summed E-state index contributed by atoms with van der Waals surface area (Å²) in [6, 6.07) is 6.16. The van der Waals surface area contributed by atoms with Crippen molar-refractivity contribution < 1.29 is 4.74 Å². The van der Waals surface area contributed by atoms with Gasteiger partial charge in [-0.1, -0.05) is 18.2 Å². The molecule has 0 unspecified atom stereocenters. The van der Waals surface area contributed by atoms with Crippen molar-refractivity contribution in [2.45, 2.75) is 26.7 Å². The lowest BCUT2D eigenvalue weighted by atomic mass is 10.1. The Bertz CT molecular complexity index is 413. The lowest BCUT2D eigenvalue weighted by Gasteiger charge is -2.12.